The van der Waals surface area contributed by atoms with E-state index >= 15 is 4.39 Å². The first-order valence-corrected chi connectivity index (χ1v) is 11.9. The average Bonchev–Trinajstić information content (AvgIpc) is 2.89. The van der Waals surface area contributed by atoms with E-state index < -0.39 is 47.5 Å². The zero-order chi connectivity index (χ0) is 27.2. The predicted molar refractivity (Wildman–Crippen MR) is 130 cm³/mol. The molecule has 6 nitrogen and oxygen atoms in total. The Labute approximate surface area is 215 Å². The van der Waals surface area contributed by atoms with Gasteiger partial charge >= 0.3 is 6.18 Å². The van der Waals surface area contributed by atoms with E-state index in [-0.39, 0.29) is 18.7 Å². The van der Waals surface area contributed by atoms with E-state index in [2.05, 4.69) is 10.3 Å². The van der Waals surface area contributed by atoms with Crippen LogP contribution in [0.1, 0.15) is 27.2 Å². The van der Waals surface area contributed by atoms with Crippen molar-refractivity contribution in [2.75, 3.05) is 36.6 Å². The minimum atomic E-state index is -5.04. The number of pyridine rings is 1. The molecule has 11 heteroatoms. The number of benzene rings is 2. The number of hydrogen-bond acceptors (Lipinski definition) is 5. The Morgan fingerprint density at radius 3 is 2.76 bits per heavy atom. The summed E-state index contributed by atoms with van der Waals surface area (Å²) in [5.41, 5.74) is -0.197. The molecule has 3 heterocycles. The van der Waals surface area contributed by atoms with Crippen LogP contribution in [-0.4, -0.2) is 54.1 Å². The van der Waals surface area contributed by atoms with Gasteiger partial charge in [-0.05, 0) is 53.4 Å². The number of carbonyl (C=O) groups is 1. The minimum absolute atomic E-state index is 0.0378. The molecule has 1 aromatic heterocycles. The number of aromatic nitrogens is 1. The van der Waals surface area contributed by atoms with E-state index in [4.69, 9.17) is 4.74 Å². The molecule has 2 aromatic carbocycles. The molecule has 0 radical (unpaired) electrons. The van der Waals surface area contributed by atoms with Crippen LogP contribution in [-0.2, 0) is 17.3 Å². The fraction of sp³-hybridized carbons (Fsp3) is 0.333. The van der Waals surface area contributed by atoms with Crippen molar-refractivity contribution in [3.8, 4) is 11.1 Å². The van der Waals surface area contributed by atoms with Crippen LogP contribution < -0.4 is 10.2 Å². The van der Waals surface area contributed by atoms with Gasteiger partial charge < -0.3 is 20.1 Å². The molecule has 0 spiro atoms. The summed E-state index contributed by atoms with van der Waals surface area (Å²) in [6, 6.07) is 10.7. The summed E-state index contributed by atoms with van der Waals surface area (Å²) in [4.78, 5) is 17.6. The third-order valence-corrected chi connectivity index (χ3v) is 7.08. The highest BCUT2D eigenvalue weighted by Crippen LogP contribution is 2.42. The molecule has 0 unspecified atom stereocenters. The average molecular weight is 533 g/mol. The Hall–Kier alpha value is -3.57. The van der Waals surface area contributed by atoms with Crippen molar-refractivity contribution in [1.82, 2.24) is 4.98 Å². The standard InChI is InChI=1S/C27H24F5N3O3/c1-15-2-5-18(34-25(37)19-6-7-33-24(23(19)28)27(30,31)32)11-20(15)16-3-4-17-12-26(29,14-36)22-13-38-9-8-35(22)21(17)10-16/h2-7,10-11,22,36H,8-9,12-14H2,1H3,(H,34,37)/t22-,26+/m0/s1. The maximum atomic E-state index is 15.5. The van der Waals surface area contributed by atoms with Gasteiger partial charge in [-0.3, -0.25) is 4.79 Å². The fourth-order valence-corrected chi connectivity index (χ4v) is 5.09. The summed E-state index contributed by atoms with van der Waals surface area (Å²) in [5.74, 6) is -2.79. The first-order chi connectivity index (χ1) is 18.0. The molecule has 0 aliphatic carbocycles. The number of hydrogen-bond donors (Lipinski definition) is 2. The molecule has 1 fully saturated rings. The van der Waals surface area contributed by atoms with Crippen LogP contribution in [0.4, 0.5) is 33.3 Å². The molecule has 2 aliphatic rings. The summed E-state index contributed by atoms with van der Waals surface area (Å²) in [7, 11) is 0. The second-order valence-electron chi connectivity index (χ2n) is 9.50. The quantitative estimate of drug-likeness (QED) is 0.466. The van der Waals surface area contributed by atoms with Gasteiger partial charge in [0.2, 0.25) is 0 Å². The molecule has 0 saturated carbocycles. The summed E-state index contributed by atoms with van der Waals surface area (Å²) < 4.78 is 74.5. The minimum Gasteiger partial charge on any atom is -0.393 e. The number of aryl methyl sites for hydroxylation is 1. The Morgan fingerprint density at radius 2 is 2.03 bits per heavy atom. The molecular weight excluding hydrogens is 509 g/mol. The van der Waals surface area contributed by atoms with Crippen molar-refractivity contribution in [2.24, 2.45) is 0 Å². The zero-order valence-electron chi connectivity index (χ0n) is 20.3. The lowest BCUT2D eigenvalue weighted by molar-refractivity contribution is -0.143. The molecule has 2 aliphatic heterocycles. The van der Waals surface area contributed by atoms with Crippen molar-refractivity contribution in [3.05, 3.63) is 76.9 Å². The van der Waals surface area contributed by atoms with Crippen molar-refractivity contribution in [3.63, 3.8) is 0 Å². The molecule has 5 rings (SSSR count). The van der Waals surface area contributed by atoms with Gasteiger partial charge in [-0.15, -0.1) is 0 Å². The van der Waals surface area contributed by atoms with Crippen LogP contribution in [0.25, 0.3) is 11.1 Å². The fourth-order valence-electron chi connectivity index (χ4n) is 5.09. The van der Waals surface area contributed by atoms with E-state index in [1.165, 1.54) is 0 Å². The van der Waals surface area contributed by atoms with Gasteiger partial charge in [0.05, 0.1) is 31.4 Å². The summed E-state index contributed by atoms with van der Waals surface area (Å²) in [6.45, 7) is 2.27. The van der Waals surface area contributed by atoms with Gasteiger partial charge in [0.25, 0.3) is 5.91 Å². The van der Waals surface area contributed by atoms with E-state index in [0.29, 0.717) is 13.2 Å². The number of nitrogens with zero attached hydrogens (tertiary/aromatic N) is 2. The van der Waals surface area contributed by atoms with E-state index in [0.717, 1.165) is 40.2 Å². The number of aliphatic hydroxyl groups excluding tert-OH is 1. The largest absolute Gasteiger partial charge is 0.436 e. The number of carbonyl (C=O) groups excluding carboxylic acids is 1. The number of ether oxygens (including phenoxy) is 1. The maximum absolute atomic E-state index is 15.5. The van der Waals surface area contributed by atoms with E-state index in [1.54, 1.807) is 24.3 Å². The number of aliphatic hydroxyl groups is 1. The van der Waals surface area contributed by atoms with E-state index in [1.807, 2.05) is 24.0 Å². The Morgan fingerprint density at radius 1 is 1.24 bits per heavy atom. The van der Waals surface area contributed by atoms with Gasteiger partial charge in [0.1, 0.15) is 0 Å². The Kier molecular flexibility index (Phi) is 6.60. The first-order valence-electron chi connectivity index (χ1n) is 11.9. The lowest BCUT2D eigenvalue weighted by Gasteiger charge is -2.48. The number of anilines is 2. The lowest BCUT2D eigenvalue weighted by Crippen LogP contribution is -2.62. The number of rotatable bonds is 4. The number of nitrogens with one attached hydrogen (secondary N) is 1. The molecule has 2 atom stereocenters. The number of amides is 1. The molecule has 3 aromatic rings. The molecule has 2 N–H and O–H groups in total. The van der Waals surface area contributed by atoms with Crippen LogP contribution in [0.2, 0.25) is 0 Å². The predicted octanol–water partition coefficient (Wildman–Crippen LogP) is 4.93. The number of fused-ring (bicyclic) bond motifs is 3. The summed E-state index contributed by atoms with van der Waals surface area (Å²) in [6.07, 6.45) is -4.27. The lowest BCUT2D eigenvalue weighted by atomic mass is 9.82. The van der Waals surface area contributed by atoms with Gasteiger partial charge in [-0.1, -0.05) is 18.2 Å². The molecule has 38 heavy (non-hydrogen) atoms. The van der Waals surface area contributed by atoms with Gasteiger partial charge in [-0.2, -0.15) is 13.2 Å². The van der Waals surface area contributed by atoms with Crippen LogP contribution in [0.3, 0.4) is 0 Å². The number of alkyl halides is 4. The van der Waals surface area contributed by atoms with Crippen LogP contribution in [0.5, 0.6) is 0 Å². The van der Waals surface area contributed by atoms with Crippen molar-refractivity contribution >= 4 is 17.3 Å². The summed E-state index contributed by atoms with van der Waals surface area (Å²) in [5, 5.41) is 12.2. The first kappa shape index (κ1) is 26.1. The van der Waals surface area contributed by atoms with Crippen molar-refractivity contribution in [2.45, 2.75) is 31.2 Å². The highest BCUT2D eigenvalue weighted by atomic mass is 19.4. The summed E-state index contributed by atoms with van der Waals surface area (Å²) >= 11 is 0. The van der Waals surface area contributed by atoms with Gasteiger partial charge in [-0.25, -0.2) is 13.8 Å². The maximum Gasteiger partial charge on any atom is 0.436 e. The molecule has 200 valence electrons. The van der Waals surface area contributed by atoms with Crippen molar-refractivity contribution in [1.29, 1.82) is 0 Å². The van der Waals surface area contributed by atoms with Gasteiger partial charge in [0.15, 0.2) is 17.2 Å². The second-order valence-corrected chi connectivity index (χ2v) is 9.50. The monoisotopic (exact) mass is 533 g/mol. The molecule has 0 bridgehead atoms. The van der Waals surface area contributed by atoms with Crippen LogP contribution >= 0.6 is 0 Å². The van der Waals surface area contributed by atoms with Crippen molar-refractivity contribution < 1.29 is 36.6 Å². The third-order valence-electron chi connectivity index (χ3n) is 7.08. The number of morpholine rings is 1. The third kappa shape index (κ3) is 4.60. The molecule has 1 saturated heterocycles. The molecular formula is C27H24F5N3O3. The zero-order valence-corrected chi connectivity index (χ0v) is 20.3. The molecule has 1 amide bonds. The number of halogens is 5. The normalized spacial score (nSPS) is 21.0. The van der Waals surface area contributed by atoms with E-state index in [9.17, 15) is 27.5 Å². The van der Waals surface area contributed by atoms with Crippen LogP contribution in [0, 0.1) is 12.7 Å². The highest BCUT2D eigenvalue weighted by Gasteiger charge is 2.48. The van der Waals surface area contributed by atoms with Gasteiger partial charge in [0, 0.05) is 30.5 Å². The second kappa shape index (κ2) is 9.63. The highest BCUT2D eigenvalue weighted by molar-refractivity contribution is 6.04. The topological polar surface area (TPSA) is 74.7 Å². The Bertz CT molecular complexity index is 1400. The smallest absolute Gasteiger partial charge is 0.393 e. The SMILES string of the molecule is Cc1ccc(NC(=O)c2ccnc(C(F)(F)F)c2F)cc1-c1ccc2c(c1)N1CCOC[C@H]1[C@](F)(CO)C2. The Balaban J connectivity index is 1.46. The van der Waals surface area contributed by atoms with Crippen LogP contribution in [0.15, 0.2) is 48.7 Å².